The Hall–Kier alpha value is -2.35. The number of hydrogen-bond donors (Lipinski definition) is 0. The average Bonchev–Trinajstić information content (AvgIpc) is 3.23. The fourth-order valence-corrected chi connectivity index (χ4v) is 3.93. The summed E-state index contributed by atoms with van der Waals surface area (Å²) in [6.07, 6.45) is 4.62. The first-order valence-corrected chi connectivity index (χ1v) is 9.69. The Morgan fingerprint density at radius 3 is 2.73 bits per heavy atom. The van der Waals surface area contributed by atoms with Gasteiger partial charge in [0.15, 0.2) is 5.16 Å². The maximum atomic E-state index is 5.88. The topological polar surface area (TPSA) is 78.9 Å². The van der Waals surface area contributed by atoms with E-state index in [4.69, 9.17) is 9.15 Å². The molecular formula is C18H21N5O2S. The first kappa shape index (κ1) is 17.1. The molecule has 3 heterocycles. The van der Waals surface area contributed by atoms with Gasteiger partial charge in [-0.05, 0) is 44.0 Å². The Bertz CT molecular complexity index is 874. The van der Waals surface area contributed by atoms with Crippen LogP contribution in [0.3, 0.4) is 0 Å². The van der Waals surface area contributed by atoms with Crippen LogP contribution in [0, 0.1) is 0 Å². The number of nitrogens with zero attached hydrogens (tertiary/aromatic N) is 5. The molecule has 2 aromatic heterocycles. The maximum absolute atomic E-state index is 5.88. The number of methoxy groups -OCH3 is 1. The molecule has 26 heavy (non-hydrogen) atoms. The lowest BCUT2D eigenvalue weighted by atomic mass is 10.2. The van der Waals surface area contributed by atoms with Gasteiger partial charge in [0.1, 0.15) is 11.6 Å². The van der Waals surface area contributed by atoms with Gasteiger partial charge in [0.25, 0.3) is 0 Å². The molecule has 4 rings (SSSR count). The van der Waals surface area contributed by atoms with Gasteiger partial charge in [-0.1, -0.05) is 18.2 Å². The van der Waals surface area contributed by atoms with Gasteiger partial charge < -0.3 is 13.7 Å². The first-order chi connectivity index (χ1) is 12.7. The number of benzene rings is 1. The molecular weight excluding hydrogens is 350 g/mol. The number of ether oxygens (including phenoxy) is 1. The van der Waals surface area contributed by atoms with Crippen molar-refractivity contribution in [1.82, 2.24) is 25.0 Å². The van der Waals surface area contributed by atoms with Gasteiger partial charge in [-0.25, -0.2) is 0 Å². The van der Waals surface area contributed by atoms with Crippen molar-refractivity contribution in [2.24, 2.45) is 0 Å². The van der Waals surface area contributed by atoms with E-state index in [0.29, 0.717) is 11.8 Å². The zero-order valence-corrected chi connectivity index (χ0v) is 15.7. The second-order valence-corrected chi connectivity index (χ2v) is 7.60. The van der Waals surface area contributed by atoms with Crippen molar-refractivity contribution in [3.63, 3.8) is 0 Å². The Morgan fingerprint density at radius 2 is 1.92 bits per heavy atom. The highest BCUT2D eigenvalue weighted by Crippen LogP contribution is 2.35. The molecule has 1 aromatic carbocycles. The molecule has 0 fully saturated rings. The van der Waals surface area contributed by atoms with Crippen molar-refractivity contribution < 1.29 is 9.15 Å². The molecule has 0 spiro atoms. The molecule has 7 nitrogen and oxygen atoms in total. The van der Waals surface area contributed by atoms with Crippen molar-refractivity contribution in [3.8, 4) is 17.2 Å². The van der Waals surface area contributed by atoms with Crippen LogP contribution >= 0.6 is 11.8 Å². The normalized spacial score (nSPS) is 15.3. The van der Waals surface area contributed by atoms with E-state index in [2.05, 4.69) is 25.0 Å². The highest BCUT2D eigenvalue weighted by molar-refractivity contribution is 7.99. The molecule has 1 aliphatic rings. The predicted octanol–water partition coefficient (Wildman–Crippen LogP) is 3.92. The van der Waals surface area contributed by atoms with E-state index >= 15 is 0 Å². The van der Waals surface area contributed by atoms with Gasteiger partial charge in [0.2, 0.25) is 11.8 Å². The number of hydrogen-bond acceptors (Lipinski definition) is 7. The van der Waals surface area contributed by atoms with Crippen LogP contribution in [0.1, 0.15) is 43.2 Å². The molecule has 0 amide bonds. The van der Waals surface area contributed by atoms with Gasteiger partial charge in [0, 0.05) is 18.5 Å². The van der Waals surface area contributed by atoms with E-state index in [1.807, 2.05) is 31.2 Å². The van der Waals surface area contributed by atoms with Crippen molar-refractivity contribution in [2.45, 2.75) is 49.6 Å². The smallest absolute Gasteiger partial charge is 0.247 e. The van der Waals surface area contributed by atoms with Crippen molar-refractivity contribution in [2.75, 3.05) is 7.11 Å². The highest BCUT2D eigenvalue weighted by atomic mass is 32.2. The van der Waals surface area contributed by atoms with Gasteiger partial charge in [0.05, 0.1) is 12.4 Å². The van der Waals surface area contributed by atoms with Gasteiger partial charge in [-0.2, -0.15) is 0 Å². The Morgan fingerprint density at radius 1 is 1.08 bits per heavy atom. The van der Waals surface area contributed by atoms with Crippen LogP contribution in [0.15, 0.2) is 33.8 Å². The van der Waals surface area contributed by atoms with Crippen LogP contribution in [0.5, 0.6) is 5.75 Å². The Balaban J connectivity index is 1.50. The molecule has 8 heteroatoms. The summed E-state index contributed by atoms with van der Waals surface area (Å²) in [5.74, 6) is 2.98. The summed E-state index contributed by atoms with van der Waals surface area (Å²) >= 11 is 1.61. The molecule has 136 valence electrons. The number of aromatic nitrogens is 5. The molecule has 0 saturated heterocycles. The molecule has 1 aliphatic heterocycles. The largest absolute Gasteiger partial charge is 0.497 e. The summed E-state index contributed by atoms with van der Waals surface area (Å²) in [5, 5.41) is 18.0. The molecule has 3 aromatic rings. The minimum atomic E-state index is 0.00560. The molecule has 0 unspecified atom stereocenters. The average molecular weight is 371 g/mol. The van der Waals surface area contributed by atoms with Crippen LogP contribution < -0.4 is 4.74 Å². The molecule has 0 aliphatic carbocycles. The van der Waals surface area contributed by atoms with Crippen LogP contribution in [0.25, 0.3) is 11.5 Å². The monoisotopic (exact) mass is 371 g/mol. The number of rotatable bonds is 5. The summed E-state index contributed by atoms with van der Waals surface area (Å²) in [7, 11) is 1.64. The van der Waals surface area contributed by atoms with Crippen LogP contribution in [-0.4, -0.2) is 32.1 Å². The number of fused-ring (bicyclic) bond motifs is 1. The van der Waals surface area contributed by atoms with E-state index in [1.165, 1.54) is 19.3 Å². The van der Waals surface area contributed by atoms with E-state index in [1.54, 1.807) is 18.9 Å². The Labute approximate surface area is 156 Å². The summed E-state index contributed by atoms with van der Waals surface area (Å²) in [5.41, 5.74) is 0.873. The zero-order chi connectivity index (χ0) is 17.9. The standard InChI is InChI=1S/C18H21N5O2S/c1-12(26-18-22-19-15-6-4-3-5-11-23(15)18)16-20-21-17(25-16)13-7-9-14(24-2)10-8-13/h7-10,12H,3-6,11H2,1-2H3/t12-/m1/s1. The molecule has 0 saturated carbocycles. The molecule has 0 N–H and O–H groups in total. The zero-order valence-electron chi connectivity index (χ0n) is 14.9. The van der Waals surface area contributed by atoms with Crippen LogP contribution in [-0.2, 0) is 13.0 Å². The van der Waals surface area contributed by atoms with E-state index in [0.717, 1.165) is 35.3 Å². The maximum Gasteiger partial charge on any atom is 0.247 e. The first-order valence-electron chi connectivity index (χ1n) is 8.81. The third-order valence-corrected chi connectivity index (χ3v) is 5.55. The van der Waals surface area contributed by atoms with Crippen molar-refractivity contribution in [1.29, 1.82) is 0 Å². The highest BCUT2D eigenvalue weighted by Gasteiger charge is 2.21. The summed E-state index contributed by atoms with van der Waals surface area (Å²) < 4.78 is 13.3. The number of aryl methyl sites for hydroxylation is 1. The summed E-state index contributed by atoms with van der Waals surface area (Å²) in [6.45, 7) is 3.03. The minimum Gasteiger partial charge on any atom is -0.497 e. The van der Waals surface area contributed by atoms with Crippen LogP contribution in [0.2, 0.25) is 0 Å². The van der Waals surface area contributed by atoms with Gasteiger partial charge in [-0.3, -0.25) is 0 Å². The lowest BCUT2D eigenvalue weighted by molar-refractivity contribution is 0.415. The predicted molar refractivity (Wildman–Crippen MR) is 98.1 cm³/mol. The second-order valence-electron chi connectivity index (χ2n) is 6.30. The van der Waals surface area contributed by atoms with Crippen LogP contribution in [0.4, 0.5) is 0 Å². The van der Waals surface area contributed by atoms with E-state index in [9.17, 15) is 0 Å². The lowest BCUT2D eigenvalue weighted by Crippen LogP contribution is -2.03. The van der Waals surface area contributed by atoms with Gasteiger partial charge >= 0.3 is 0 Å². The fourth-order valence-electron chi connectivity index (χ4n) is 3.00. The van der Waals surface area contributed by atoms with Crippen molar-refractivity contribution >= 4 is 11.8 Å². The third kappa shape index (κ3) is 3.46. The van der Waals surface area contributed by atoms with E-state index < -0.39 is 0 Å². The Kier molecular flexibility index (Phi) is 4.92. The van der Waals surface area contributed by atoms with Gasteiger partial charge in [-0.15, -0.1) is 20.4 Å². The summed E-state index contributed by atoms with van der Waals surface area (Å²) in [6, 6.07) is 7.57. The van der Waals surface area contributed by atoms with E-state index in [-0.39, 0.29) is 5.25 Å². The van der Waals surface area contributed by atoms with Crippen molar-refractivity contribution in [3.05, 3.63) is 36.0 Å². The summed E-state index contributed by atoms with van der Waals surface area (Å²) in [4.78, 5) is 0. The lowest BCUT2D eigenvalue weighted by Gasteiger charge is -2.09. The fraction of sp³-hybridized carbons (Fsp3) is 0.444. The molecule has 0 radical (unpaired) electrons. The minimum absolute atomic E-state index is 0.00560. The SMILES string of the molecule is COc1ccc(-c2nnc([C@@H](C)Sc3nnc4n3CCCCC4)o2)cc1. The number of thioether (sulfide) groups is 1. The molecule has 1 atom stereocenters. The second kappa shape index (κ2) is 7.49. The quantitative estimate of drug-likeness (QED) is 0.629. The third-order valence-electron chi connectivity index (χ3n) is 4.48. The molecule has 0 bridgehead atoms.